The quantitative estimate of drug-likeness (QED) is 0.361. The molecule has 0 aliphatic rings. The molecule has 0 bridgehead atoms. The van der Waals surface area contributed by atoms with Crippen LogP contribution in [0.5, 0.6) is 5.75 Å². The van der Waals surface area contributed by atoms with E-state index in [0.29, 0.717) is 5.56 Å². The number of carbonyl (C=O) groups excluding carboxylic acids is 1. The molecule has 1 aromatic rings. The van der Waals surface area contributed by atoms with E-state index >= 15 is 0 Å². The van der Waals surface area contributed by atoms with Gasteiger partial charge in [0.1, 0.15) is 12.4 Å². The molecule has 0 fully saturated rings. The number of ether oxygens (including phenoxy) is 1. The zero-order valence-corrected chi connectivity index (χ0v) is 12.3. The first kappa shape index (κ1) is 16.4. The number of phosphoric ester groups is 1. The van der Waals surface area contributed by atoms with Gasteiger partial charge in [0, 0.05) is 5.57 Å². The molecule has 0 saturated heterocycles. The molecule has 1 aromatic carbocycles. The van der Waals surface area contributed by atoms with Crippen molar-refractivity contribution in [3.8, 4) is 5.75 Å². The van der Waals surface area contributed by atoms with E-state index < -0.39 is 13.8 Å². The maximum Gasteiger partial charge on any atom is 0.527 e. The predicted molar refractivity (Wildman–Crippen MR) is 73.4 cm³/mol. The lowest BCUT2D eigenvalue weighted by Gasteiger charge is -2.14. The number of hydrogen-bond donors (Lipinski definition) is 1. The molecule has 0 heterocycles. The van der Waals surface area contributed by atoms with Crippen LogP contribution in [0.15, 0.2) is 36.4 Å². The average Bonchev–Trinajstić information content (AvgIpc) is 2.37. The van der Waals surface area contributed by atoms with E-state index in [1.54, 1.807) is 31.2 Å². The zero-order chi connectivity index (χ0) is 15.2. The van der Waals surface area contributed by atoms with Crippen molar-refractivity contribution >= 4 is 13.8 Å². The first-order valence-electron chi connectivity index (χ1n) is 5.87. The van der Waals surface area contributed by atoms with Crippen molar-refractivity contribution in [1.82, 2.24) is 0 Å². The van der Waals surface area contributed by atoms with Crippen molar-refractivity contribution < 1.29 is 28.0 Å². The van der Waals surface area contributed by atoms with E-state index in [0.717, 1.165) is 0 Å². The minimum atomic E-state index is -4.24. The number of aryl methyl sites for hydroxylation is 1. The standard InChI is InChI=1S/C13H17O6P/c1-10(2)13(14)17-8-9-18-20(15,16)19-12-7-5-4-6-11(12)3/h4-7H,1,8-9H2,2-3H3,(H,15,16). The zero-order valence-electron chi connectivity index (χ0n) is 11.4. The Hall–Kier alpha value is -1.62. The number of phosphoric acid groups is 1. The topological polar surface area (TPSA) is 82.1 Å². The Morgan fingerprint density at radius 2 is 2.00 bits per heavy atom. The molecule has 0 saturated carbocycles. The third-order valence-electron chi connectivity index (χ3n) is 2.23. The number of para-hydroxylation sites is 1. The molecule has 0 aromatic heterocycles. The summed E-state index contributed by atoms with van der Waals surface area (Å²) in [6.07, 6.45) is 0. The van der Waals surface area contributed by atoms with Crippen molar-refractivity contribution in [1.29, 1.82) is 0 Å². The second-order valence-electron chi connectivity index (χ2n) is 4.07. The highest BCUT2D eigenvalue weighted by Gasteiger charge is 2.23. The molecule has 6 nitrogen and oxygen atoms in total. The summed E-state index contributed by atoms with van der Waals surface area (Å²) < 4.78 is 26.0. The van der Waals surface area contributed by atoms with E-state index in [2.05, 4.69) is 6.58 Å². The van der Waals surface area contributed by atoms with Gasteiger partial charge in [0.25, 0.3) is 0 Å². The minimum Gasteiger partial charge on any atom is -0.460 e. The molecule has 0 amide bonds. The van der Waals surface area contributed by atoms with E-state index in [4.69, 9.17) is 13.8 Å². The van der Waals surface area contributed by atoms with Gasteiger partial charge in [-0.15, -0.1) is 0 Å². The monoisotopic (exact) mass is 300 g/mol. The van der Waals surface area contributed by atoms with Gasteiger partial charge < -0.3 is 9.26 Å². The molecule has 110 valence electrons. The Balaban J connectivity index is 2.43. The number of esters is 1. The summed E-state index contributed by atoms with van der Waals surface area (Å²) in [5, 5.41) is 0. The van der Waals surface area contributed by atoms with E-state index in [-0.39, 0.29) is 24.5 Å². The number of benzene rings is 1. The maximum absolute atomic E-state index is 11.7. The highest BCUT2D eigenvalue weighted by molar-refractivity contribution is 7.47. The van der Waals surface area contributed by atoms with Crippen LogP contribution in [0.4, 0.5) is 0 Å². The molecule has 0 spiro atoms. The highest BCUT2D eigenvalue weighted by atomic mass is 31.2. The van der Waals surface area contributed by atoms with Gasteiger partial charge in [0.15, 0.2) is 0 Å². The fraction of sp³-hybridized carbons (Fsp3) is 0.308. The Kier molecular flexibility index (Phi) is 5.95. The van der Waals surface area contributed by atoms with Gasteiger partial charge in [-0.2, -0.15) is 0 Å². The van der Waals surface area contributed by atoms with Gasteiger partial charge in [0.05, 0.1) is 6.61 Å². The first-order chi connectivity index (χ1) is 9.32. The van der Waals surface area contributed by atoms with Gasteiger partial charge in [-0.05, 0) is 25.5 Å². The fourth-order valence-corrected chi connectivity index (χ4v) is 2.03. The number of hydrogen-bond acceptors (Lipinski definition) is 5. The summed E-state index contributed by atoms with van der Waals surface area (Å²) in [5.74, 6) is -0.321. The summed E-state index contributed by atoms with van der Waals surface area (Å²) >= 11 is 0. The van der Waals surface area contributed by atoms with Gasteiger partial charge in [-0.25, -0.2) is 9.36 Å². The molecule has 1 atom stereocenters. The summed E-state index contributed by atoms with van der Waals surface area (Å²) in [6, 6.07) is 6.76. The molecule has 1 unspecified atom stereocenters. The van der Waals surface area contributed by atoms with Crippen molar-refractivity contribution in [2.45, 2.75) is 13.8 Å². The molecule has 1 N–H and O–H groups in total. The van der Waals surface area contributed by atoms with Gasteiger partial charge >= 0.3 is 13.8 Å². The van der Waals surface area contributed by atoms with Crippen LogP contribution in [0, 0.1) is 6.92 Å². The van der Waals surface area contributed by atoms with Gasteiger partial charge in [0.2, 0.25) is 0 Å². The molecule has 0 radical (unpaired) electrons. The molecule has 0 aliphatic carbocycles. The predicted octanol–water partition coefficient (Wildman–Crippen LogP) is 2.61. The molecular weight excluding hydrogens is 283 g/mol. The van der Waals surface area contributed by atoms with Crippen LogP contribution in [0.25, 0.3) is 0 Å². The van der Waals surface area contributed by atoms with E-state index in [1.807, 2.05) is 0 Å². The molecule has 1 rings (SSSR count). The Labute approximate surface area is 117 Å². The van der Waals surface area contributed by atoms with Gasteiger partial charge in [-0.1, -0.05) is 24.8 Å². The second kappa shape index (κ2) is 7.24. The largest absolute Gasteiger partial charge is 0.527 e. The third kappa shape index (κ3) is 5.57. The fourth-order valence-electron chi connectivity index (χ4n) is 1.22. The van der Waals surface area contributed by atoms with Crippen LogP contribution >= 0.6 is 7.82 Å². The summed E-state index contributed by atoms with van der Waals surface area (Å²) in [4.78, 5) is 20.6. The SMILES string of the molecule is C=C(C)C(=O)OCCOP(=O)(O)Oc1ccccc1C. The summed E-state index contributed by atoms with van der Waals surface area (Å²) in [6.45, 7) is 6.23. The summed E-state index contributed by atoms with van der Waals surface area (Å²) in [7, 11) is -4.24. The lowest BCUT2D eigenvalue weighted by Crippen LogP contribution is -2.11. The smallest absolute Gasteiger partial charge is 0.460 e. The molecular formula is C13H17O6P. The van der Waals surface area contributed by atoms with Crippen LogP contribution in [-0.2, 0) is 18.6 Å². The van der Waals surface area contributed by atoms with Crippen LogP contribution < -0.4 is 4.52 Å². The Morgan fingerprint density at radius 1 is 1.35 bits per heavy atom. The molecule has 20 heavy (non-hydrogen) atoms. The Morgan fingerprint density at radius 3 is 2.60 bits per heavy atom. The van der Waals surface area contributed by atoms with Crippen LogP contribution in [0.2, 0.25) is 0 Å². The summed E-state index contributed by atoms with van der Waals surface area (Å²) in [5.41, 5.74) is 0.951. The first-order valence-corrected chi connectivity index (χ1v) is 7.36. The Bertz CT molecular complexity index is 539. The number of carbonyl (C=O) groups is 1. The highest BCUT2D eigenvalue weighted by Crippen LogP contribution is 2.44. The van der Waals surface area contributed by atoms with Crippen molar-refractivity contribution in [3.63, 3.8) is 0 Å². The van der Waals surface area contributed by atoms with Crippen molar-refractivity contribution in [2.24, 2.45) is 0 Å². The second-order valence-corrected chi connectivity index (χ2v) is 5.45. The lowest BCUT2D eigenvalue weighted by molar-refractivity contribution is -0.139. The van der Waals surface area contributed by atoms with Crippen LogP contribution in [-0.4, -0.2) is 24.1 Å². The van der Waals surface area contributed by atoms with E-state index in [1.165, 1.54) is 6.92 Å². The van der Waals surface area contributed by atoms with Crippen molar-refractivity contribution in [2.75, 3.05) is 13.2 Å². The van der Waals surface area contributed by atoms with Crippen LogP contribution in [0.1, 0.15) is 12.5 Å². The maximum atomic E-state index is 11.7. The average molecular weight is 300 g/mol. The molecule has 0 aliphatic heterocycles. The van der Waals surface area contributed by atoms with Gasteiger partial charge in [-0.3, -0.25) is 9.42 Å². The third-order valence-corrected chi connectivity index (χ3v) is 3.16. The van der Waals surface area contributed by atoms with Crippen LogP contribution in [0.3, 0.4) is 0 Å². The lowest BCUT2D eigenvalue weighted by atomic mass is 10.2. The van der Waals surface area contributed by atoms with Crippen molar-refractivity contribution in [3.05, 3.63) is 42.0 Å². The number of rotatable bonds is 7. The molecule has 7 heteroatoms. The minimum absolute atomic E-state index is 0.159. The normalized spacial score (nSPS) is 13.3. The van der Waals surface area contributed by atoms with E-state index in [9.17, 15) is 14.3 Å².